The second-order valence-electron chi connectivity index (χ2n) is 7.65. The molecule has 0 bridgehead atoms. The number of alkyl halides is 1. The molecule has 2 heterocycles. The molecule has 0 N–H and O–H groups in total. The van der Waals surface area contributed by atoms with E-state index in [4.69, 9.17) is 14.2 Å². The van der Waals surface area contributed by atoms with Gasteiger partial charge in [0.1, 0.15) is 12.4 Å². The van der Waals surface area contributed by atoms with Crippen molar-refractivity contribution in [3.8, 4) is 17.5 Å². The van der Waals surface area contributed by atoms with Gasteiger partial charge in [-0.2, -0.15) is 0 Å². The molecule has 168 valence electrons. The lowest BCUT2D eigenvalue weighted by molar-refractivity contribution is 0.0505. The van der Waals surface area contributed by atoms with E-state index in [9.17, 15) is 9.18 Å². The van der Waals surface area contributed by atoms with Crippen molar-refractivity contribution in [1.82, 2.24) is 14.9 Å². The second-order valence-corrected chi connectivity index (χ2v) is 8.44. The van der Waals surface area contributed by atoms with E-state index in [1.165, 1.54) is 12.4 Å². The highest BCUT2D eigenvalue weighted by Gasteiger charge is 2.26. The van der Waals surface area contributed by atoms with Crippen LogP contribution in [0.25, 0.3) is 0 Å². The van der Waals surface area contributed by atoms with Crippen LogP contribution in [0.2, 0.25) is 0 Å². The summed E-state index contributed by atoms with van der Waals surface area (Å²) in [5, 5.41) is 0.760. The molecule has 3 rings (SSSR count). The molecule has 0 spiro atoms. The lowest BCUT2D eigenvalue weighted by Gasteiger charge is -2.31. The number of carbonyl (C=O) groups excluding carboxylic acids is 1. The summed E-state index contributed by atoms with van der Waals surface area (Å²) in [5.74, 6) is 0.294. The van der Waals surface area contributed by atoms with Crippen LogP contribution >= 0.6 is 15.9 Å². The van der Waals surface area contributed by atoms with Crippen molar-refractivity contribution >= 4 is 22.0 Å². The first kappa shape index (κ1) is 23.2. The number of amides is 1. The maximum Gasteiger partial charge on any atom is 0.410 e. The van der Waals surface area contributed by atoms with E-state index in [1.54, 1.807) is 17.9 Å². The number of halogens is 2. The quantitative estimate of drug-likeness (QED) is 0.500. The summed E-state index contributed by atoms with van der Waals surface area (Å²) in [4.78, 5) is 22.1. The van der Waals surface area contributed by atoms with Gasteiger partial charge >= 0.3 is 6.09 Å². The van der Waals surface area contributed by atoms with Gasteiger partial charge < -0.3 is 19.1 Å². The predicted molar refractivity (Wildman–Crippen MR) is 118 cm³/mol. The van der Waals surface area contributed by atoms with Crippen LogP contribution in [-0.4, -0.2) is 51.6 Å². The molecule has 1 aromatic carbocycles. The zero-order chi connectivity index (χ0) is 22.4. The van der Waals surface area contributed by atoms with Crippen LogP contribution in [0.3, 0.4) is 0 Å². The molecule has 9 heteroatoms. The van der Waals surface area contributed by atoms with Gasteiger partial charge in [0.25, 0.3) is 0 Å². The minimum absolute atomic E-state index is 0.0928. The van der Waals surface area contributed by atoms with Crippen molar-refractivity contribution in [2.24, 2.45) is 0 Å². The number of aromatic nitrogens is 2. The molecule has 0 unspecified atom stereocenters. The number of rotatable bonds is 7. The van der Waals surface area contributed by atoms with E-state index in [2.05, 4.69) is 25.9 Å². The third kappa shape index (κ3) is 6.29. The van der Waals surface area contributed by atoms with E-state index in [-0.39, 0.29) is 29.9 Å². The Morgan fingerprint density at radius 1 is 1.26 bits per heavy atom. The van der Waals surface area contributed by atoms with Crippen LogP contribution in [-0.2, 0) is 11.2 Å². The highest BCUT2D eigenvalue weighted by molar-refractivity contribution is 9.09. The summed E-state index contributed by atoms with van der Waals surface area (Å²) in [6.07, 6.45) is 2.86. The fourth-order valence-electron chi connectivity index (χ4n) is 3.23. The smallest absolute Gasteiger partial charge is 0.410 e. The topological polar surface area (TPSA) is 73.8 Å². The van der Waals surface area contributed by atoms with Gasteiger partial charge in [0.2, 0.25) is 11.8 Å². The van der Waals surface area contributed by atoms with Gasteiger partial charge in [-0.05, 0) is 44.9 Å². The van der Waals surface area contributed by atoms with Crippen molar-refractivity contribution in [1.29, 1.82) is 0 Å². The Morgan fingerprint density at radius 2 is 1.97 bits per heavy atom. The first-order chi connectivity index (χ1) is 14.9. The molecule has 0 atom stereocenters. The molecule has 0 saturated carbocycles. The van der Waals surface area contributed by atoms with Gasteiger partial charge in [0, 0.05) is 31.3 Å². The maximum atomic E-state index is 14.4. The third-order valence-corrected chi connectivity index (χ3v) is 5.29. The number of piperidine rings is 1. The lowest BCUT2D eigenvalue weighted by atomic mass is 10.1. The van der Waals surface area contributed by atoms with Gasteiger partial charge in [-0.15, -0.1) is 0 Å². The Morgan fingerprint density at radius 3 is 2.61 bits per heavy atom. The normalized spacial score (nSPS) is 14.6. The monoisotopic (exact) mass is 495 g/mol. The molecule has 1 amide bonds. The number of nitrogens with zero attached hydrogens (tertiary/aromatic N) is 3. The molecule has 1 saturated heterocycles. The number of likely N-dealkylation sites (tertiary alicyclic amines) is 1. The molecule has 1 aromatic heterocycles. The Balaban J connectivity index is 1.62. The molecule has 0 radical (unpaired) electrons. The van der Waals surface area contributed by atoms with Gasteiger partial charge in [-0.1, -0.05) is 22.0 Å². The molecule has 0 aliphatic carbocycles. The average molecular weight is 496 g/mol. The van der Waals surface area contributed by atoms with Crippen LogP contribution in [0.5, 0.6) is 17.5 Å². The summed E-state index contributed by atoms with van der Waals surface area (Å²) in [7, 11) is 0. The van der Waals surface area contributed by atoms with Crippen molar-refractivity contribution in [2.45, 2.75) is 52.2 Å². The molecular weight excluding hydrogens is 469 g/mol. The van der Waals surface area contributed by atoms with E-state index in [1.807, 2.05) is 19.9 Å². The maximum absolute atomic E-state index is 14.4. The Labute approximate surface area is 190 Å². The fraction of sp³-hybridized carbons (Fsp3) is 0.500. The summed E-state index contributed by atoms with van der Waals surface area (Å²) in [5.41, 5.74) is 1.47. The summed E-state index contributed by atoms with van der Waals surface area (Å²) >= 11 is 3.35. The summed E-state index contributed by atoms with van der Waals surface area (Å²) in [6.45, 7) is 6.53. The minimum Gasteiger partial charge on any atom is -0.474 e. The molecule has 2 aromatic rings. The molecule has 31 heavy (non-hydrogen) atoms. The van der Waals surface area contributed by atoms with Crippen molar-refractivity contribution in [3.63, 3.8) is 0 Å². The van der Waals surface area contributed by atoms with Gasteiger partial charge in [-0.25, -0.2) is 19.2 Å². The SMILES string of the molecule is Cc1c(Oc2ccc(CCBr)cc2F)ncnc1OC1CCN(C(=O)OC(C)C)CC1. The standard InChI is InChI=1S/C22H27BrFN3O4/c1-14(2)29-22(28)27-10-7-17(8-11-27)30-20-15(3)21(26-13-25-20)31-19-5-4-16(6-9-23)12-18(19)24/h4-5,12-14,17H,6-11H2,1-3H3. The summed E-state index contributed by atoms with van der Waals surface area (Å²) in [6, 6.07) is 4.88. The number of hydrogen-bond acceptors (Lipinski definition) is 6. The fourth-order valence-corrected chi connectivity index (χ4v) is 3.68. The van der Waals surface area contributed by atoms with Crippen LogP contribution in [0.1, 0.15) is 37.8 Å². The highest BCUT2D eigenvalue weighted by Crippen LogP contribution is 2.30. The molecule has 1 aliphatic heterocycles. The Hall–Kier alpha value is -2.42. The van der Waals surface area contributed by atoms with Crippen LogP contribution < -0.4 is 9.47 Å². The first-order valence-electron chi connectivity index (χ1n) is 10.3. The van der Waals surface area contributed by atoms with Gasteiger partial charge in [0.15, 0.2) is 11.6 Å². The van der Waals surface area contributed by atoms with E-state index < -0.39 is 5.82 Å². The van der Waals surface area contributed by atoms with Crippen LogP contribution in [0.4, 0.5) is 9.18 Å². The average Bonchev–Trinajstić information content (AvgIpc) is 2.73. The minimum atomic E-state index is -0.445. The van der Waals surface area contributed by atoms with E-state index in [0.717, 1.165) is 17.3 Å². The highest BCUT2D eigenvalue weighted by atomic mass is 79.9. The zero-order valence-corrected chi connectivity index (χ0v) is 19.5. The first-order valence-corrected chi connectivity index (χ1v) is 11.5. The number of hydrogen-bond donors (Lipinski definition) is 0. The number of benzene rings is 1. The lowest BCUT2D eigenvalue weighted by Crippen LogP contribution is -2.42. The van der Waals surface area contributed by atoms with Crippen molar-refractivity contribution in [2.75, 3.05) is 18.4 Å². The molecular formula is C22H27BrFN3O4. The number of aryl methyl sites for hydroxylation is 1. The number of ether oxygens (including phenoxy) is 3. The predicted octanol–water partition coefficient (Wildman–Crippen LogP) is 5.04. The van der Waals surface area contributed by atoms with E-state index >= 15 is 0 Å². The largest absolute Gasteiger partial charge is 0.474 e. The molecule has 7 nitrogen and oxygen atoms in total. The van der Waals surface area contributed by atoms with Crippen molar-refractivity contribution in [3.05, 3.63) is 41.5 Å². The van der Waals surface area contributed by atoms with Crippen molar-refractivity contribution < 1.29 is 23.4 Å². The van der Waals surface area contributed by atoms with Gasteiger partial charge in [0.05, 0.1) is 11.7 Å². The van der Waals surface area contributed by atoms with E-state index in [0.29, 0.717) is 37.4 Å². The Bertz CT molecular complexity index is 904. The van der Waals surface area contributed by atoms with Crippen LogP contribution in [0.15, 0.2) is 24.5 Å². The third-order valence-electron chi connectivity index (χ3n) is 4.89. The second kappa shape index (κ2) is 10.7. The van der Waals surface area contributed by atoms with Gasteiger partial charge in [-0.3, -0.25) is 0 Å². The number of carbonyl (C=O) groups is 1. The zero-order valence-electron chi connectivity index (χ0n) is 17.9. The van der Waals surface area contributed by atoms with Crippen LogP contribution in [0, 0.1) is 12.7 Å². The summed E-state index contributed by atoms with van der Waals surface area (Å²) < 4.78 is 31.4. The molecule has 1 fully saturated rings. The Kier molecular flexibility index (Phi) is 8.06. The molecule has 1 aliphatic rings.